The van der Waals surface area contributed by atoms with E-state index in [1.54, 1.807) is 7.11 Å². The normalized spacial score (nSPS) is 9.94. The molecule has 2 rings (SSSR count). The third kappa shape index (κ3) is 1.97. The minimum absolute atomic E-state index is 0.570. The summed E-state index contributed by atoms with van der Waals surface area (Å²) in [4.78, 5) is 1.64. The molecule has 0 aliphatic heterocycles. The highest BCUT2D eigenvalue weighted by Crippen LogP contribution is 2.38. The van der Waals surface area contributed by atoms with Crippen LogP contribution in [0.4, 0.5) is 5.69 Å². The van der Waals surface area contributed by atoms with Crippen molar-refractivity contribution >= 4 is 17.0 Å². The lowest BCUT2D eigenvalue weighted by molar-refractivity contribution is 0.415. The van der Waals surface area contributed by atoms with Gasteiger partial charge in [-0.1, -0.05) is 12.1 Å². The second-order valence-corrected chi connectivity index (χ2v) is 4.84. The number of hydrogen-bond donors (Lipinski definition) is 1. The van der Waals surface area contributed by atoms with Crippen molar-refractivity contribution in [2.45, 2.75) is 6.92 Å². The van der Waals surface area contributed by atoms with Crippen molar-refractivity contribution in [3.63, 3.8) is 0 Å². The molecule has 0 spiro atoms. The number of rotatable bonds is 2. The quantitative estimate of drug-likeness (QED) is 0.882. The predicted octanol–water partition coefficient (Wildman–Crippen LogP) is 3.19. The van der Waals surface area contributed by atoms with Gasteiger partial charge in [0.05, 0.1) is 12.8 Å². The molecule has 0 saturated heterocycles. The van der Waals surface area contributed by atoms with Crippen LogP contribution in [-0.2, 0) is 0 Å². The highest BCUT2D eigenvalue weighted by molar-refractivity contribution is 7.13. The molecule has 0 fully saturated rings. The number of methoxy groups -OCH3 is 1. The third-order valence-electron chi connectivity index (χ3n) is 2.60. The zero-order valence-corrected chi connectivity index (χ0v) is 10.5. The number of anilines is 1. The maximum atomic E-state index is 8.95. The summed E-state index contributed by atoms with van der Waals surface area (Å²) in [6, 6.07) is 9.79. The average molecular weight is 244 g/mol. The van der Waals surface area contributed by atoms with Crippen molar-refractivity contribution in [2.24, 2.45) is 0 Å². The van der Waals surface area contributed by atoms with Gasteiger partial charge in [-0.2, -0.15) is 5.26 Å². The Bertz CT molecular complexity index is 579. The number of nitrogens with two attached hydrogens (primary N) is 1. The van der Waals surface area contributed by atoms with E-state index in [-0.39, 0.29) is 0 Å². The number of nitrogen functional groups attached to an aromatic ring is 1. The fourth-order valence-electron chi connectivity index (χ4n) is 1.76. The molecule has 0 aliphatic rings. The zero-order chi connectivity index (χ0) is 12.4. The van der Waals surface area contributed by atoms with Crippen molar-refractivity contribution in [3.8, 4) is 22.9 Å². The standard InChI is InChI=1S/C13H12N2OS/c1-8-12(13(15)11(7-14)17-8)9-3-5-10(16-2)6-4-9/h3-6H,15H2,1-2H3. The van der Waals surface area contributed by atoms with Crippen LogP contribution in [-0.4, -0.2) is 7.11 Å². The molecule has 86 valence electrons. The van der Waals surface area contributed by atoms with Crippen molar-refractivity contribution in [1.82, 2.24) is 0 Å². The zero-order valence-electron chi connectivity index (χ0n) is 9.65. The van der Waals surface area contributed by atoms with Crippen molar-refractivity contribution in [2.75, 3.05) is 12.8 Å². The Balaban J connectivity index is 2.53. The number of nitriles is 1. The van der Waals surface area contributed by atoms with Gasteiger partial charge in [-0.15, -0.1) is 11.3 Å². The fraction of sp³-hybridized carbons (Fsp3) is 0.154. The molecule has 0 unspecified atom stereocenters. The SMILES string of the molecule is COc1ccc(-c2c(C)sc(C#N)c2N)cc1. The van der Waals surface area contributed by atoms with Gasteiger partial charge in [0.25, 0.3) is 0 Å². The van der Waals surface area contributed by atoms with Gasteiger partial charge in [-0.05, 0) is 24.6 Å². The summed E-state index contributed by atoms with van der Waals surface area (Å²) in [5.41, 5.74) is 8.51. The summed E-state index contributed by atoms with van der Waals surface area (Å²) in [7, 11) is 1.63. The molecule has 2 N–H and O–H groups in total. The number of thiophene rings is 1. The third-order valence-corrected chi connectivity index (χ3v) is 3.63. The Hall–Kier alpha value is -1.99. The summed E-state index contributed by atoms with van der Waals surface area (Å²) < 4.78 is 5.11. The first-order valence-electron chi connectivity index (χ1n) is 5.10. The van der Waals surface area contributed by atoms with E-state index in [2.05, 4.69) is 6.07 Å². The monoisotopic (exact) mass is 244 g/mol. The van der Waals surface area contributed by atoms with Gasteiger partial charge in [0.15, 0.2) is 0 Å². The van der Waals surface area contributed by atoms with Crippen LogP contribution in [0.2, 0.25) is 0 Å². The van der Waals surface area contributed by atoms with E-state index in [1.807, 2.05) is 31.2 Å². The van der Waals surface area contributed by atoms with Crippen molar-refractivity contribution in [1.29, 1.82) is 5.26 Å². The highest BCUT2D eigenvalue weighted by Gasteiger charge is 2.14. The van der Waals surface area contributed by atoms with Crippen molar-refractivity contribution < 1.29 is 4.74 Å². The minimum atomic E-state index is 0.570. The molecule has 2 aromatic rings. The molecule has 1 aromatic carbocycles. The van der Waals surface area contributed by atoms with Crippen LogP contribution in [0.25, 0.3) is 11.1 Å². The molecule has 1 heterocycles. The summed E-state index contributed by atoms with van der Waals surface area (Å²) in [6.45, 7) is 1.97. The summed E-state index contributed by atoms with van der Waals surface area (Å²) in [5.74, 6) is 0.806. The molecule has 17 heavy (non-hydrogen) atoms. The Morgan fingerprint density at radius 3 is 2.41 bits per heavy atom. The number of ether oxygens (including phenoxy) is 1. The number of benzene rings is 1. The fourth-order valence-corrected chi connectivity index (χ4v) is 2.66. The number of aryl methyl sites for hydroxylation is 1. The maximum absolute atomic E-state index is 8.95. The van der Waals surface area contributed by atoms with Gasteiger partial charge in [-0.25, -0.2) is 0 Å². The van der Waals surface area contributed by atoms with E-state index in [1.165, 1.54) is 11.3 Å². The van der Waals surface area contributed by atoms with Gasteiger partial charge in [0.2, 0.25) is 0 Å². The van der Waals surface area contributed by atoms with Gasteiger partial charge >= 0.3 is 0 Å². The second-order valence-electron chi connectivity index (χ2n) is 3.62. The van der Waals surface area contributed by atoms with Crippen molar-refractivity contribution in [3.05, 3.63) is 34.0 Å². The Morgan fingerprint density at radius 1 is 1.29 bits per heavy atom. The molecule has 0 atom stereocenters. The molecule has 0 bridgehead atoms. The van der Waals surface area contributed by atoms with Crippen LogP contribution in [0.1, 0.15) is 9.75 Å². The lowest BCUT2D eigenvalue weighted by atomic mass is 10.0. The maximum Gasteiger partial charge on any atom is 0.128 e. The van der Waals surface area contributed by atoms with E-state index in [0.29, 0.717) is 10.6 Å². The molecular formula is C13H12N2OS. The summed E-state index contributed by atoms with van der Waals surface area (Å²) in [5, 5.41) is 8.95. The Labute approximate surface area is 104 Å². The van der Waals surface area contributed by atoms with Crippen LogP contribution in [0, 0.1) is 18.3 Å². The van der Waals surface area contributed by atoms with Crippen LogP contribution < -0.4 is 10.5 Å². The average Bonchev–Trinajstić information content (AvgIpc) is 2.64. The lowest BCUT2D eigenvalue weighted by Gasteiger charge is -2.04. The summed E-state index contributed by atoms with van der Waals surface area (Å²) >= 11 is 1.43. The van der Waals surface area contributed by atoms with Crippen LogP contribution in [0.15, 0.2) is 24.3 Å². The predicted molar refractivity (Wildman–Crippen MR) is 70.2 cm³/mol. The lowest BCUT2D eigenvalue weighted by Crippen LogP contribution is -1.89. The Morgan fingerprint density at radius 2 is 1.94 bits per heavy atom. The highest BCUT2D eigenvalue weighted by atomic mass is 32.1. The number of nitrogens with zero attached hydrogens (tertiary/aromatic N) is 1. The first-order valence-corrected chi connectivity index (χ1v) is 5.92. The summed E-state index contributed by atoms with van der Waals surface area (Å²) in [6.07, 6.45) is 0. The topological polar surface area (TPSA) is 59.0 Å². The largest absolute Gasteiger partial charge is 0.497 e. The molecule has 0 amide bonds. The molecule has 3 nitrogen and oxygen atoms in total. The van der Waals surface area contributed by atoms with E-state index in [9.17, 15) is 0 Å². The van der Waals surface area contributed by atoms with E-state index < -0.39 is 0 Å². The van der Waals surface area contributed by atoms with Gasteiger partial charge in [0, 0.05) is 10.4 Å². The van der Waals surface area contributed by atoms with Gasteiger partial charge < -0.3 is 10.5 Å². The van der Waals surface area contributed by atoms with Gasteiger partial charge in [-0.3, -0.25) is 0 Å². The minimum Gasteiger partial charge on any atom is -0.497 e. The van der Waals surface area contributed by atoms with Crippen LogP contribution in [0.3, 0.4) is 0 Å². The first-order chi connectivity index (χ1) is 8.17. The van der Waals surface area contributed by atoms with E-state index in [0.717, 1.165) is 21.8 Å². The Kier molecular flexibility index (Phi) is 3.03. The first kappa shape index (κ1) is 11.5. The molecule has 0 saturated carbocycles. The molecular weight excluding hydrogens is 232 g/mol. The second kappa shape index (κ2) is 4.48. The molecule has 4 heteroatoms. The molecule has 0 radical (unpaired) electrons. The van der Waals surface area contributed by atoms with Crippen LogP contribution in [0.5, 0.6) is 5.75 Å². The van der Waals surface area contributed by atoms with E-state index >= 15 is 0 Å². The van der Waals surface area contributed by atoms with Gasteiger partial charge in [0.1, 0.15) is 16.7 Å². The molecule has 0 aliphatic carbocycles. The number of hydrogen-bond acceptors (Lipinski definition) is 4. The van der Waals surface area contributed by atoms with E-state index in [4.69, 9.17) is 15.7 Å². The molecule has 1 aromatic heterocycles. The smallest absolute Gasteiger partial charge is 0.128 e. The van der Waals surface area contributed by atoms with Crippen LogP contribution >= 0.6 is 11.3 Å².